The van der Waals surface area contributed by atoms with Crippen molar-refractivity contribution in [3.05, 3.63) is 40.3 Å². The van der Waals surface area contributed by atoms with Gasteiger partial charge in [-0.2, -0.15) is 0 Å². The van der Waals surface area contributed by atoms with Gasteiger partial charge in [0.15, 0.2) is 11.7 Å². The van der Waals surface area contributed by atoms with Crippen LogP contribution in [0.15, 0.2) is 28.8 Å². The molecule has 0 aliphatic carbocycles. The third-order valence-electron chi connectivity index (χ3n) is 4.12. The summed E-state index contributed by atoms with van der Waals surface area (Å²) < 4.78 is 5.73. The molecule has 0 spiro atoms. The average molecular weight is 441 g/mol. The van der Waals surface area contributed by atoms with Crippen molar-refractivity contribution >= 4 is 53.9 Å². The maximum Gasteiger partial charge on any atom is 0.223 e. The van der Waals surface area contributed by atoms with Gasteiger partial charge in [0.25, 0.3) is 0 Å². The molecule has 1 amide bonds. The highest BCUT2D eigenvalue weighted by Crippen LogP contribution is 2.30. The fourth-order valence-corrected chi connectivity index (χ4v) is 3.31. The molecule has 26 heavy (non-hydrogen) atoms. The molecule has 144 valence electrons. The second-order valence-corrected chi connectivity index (χ2v) is 6.73. The molecule has 1 saturated heterocycles. The van der Waals surface area contributed by atoms with Crippen LogP contribution in [0.5, 0.6) is 0 Å². The summed E-state index contributed by atoms with van der Waals surface area (Å²) in [6.45, 7) is 4.48. The first-order valence-electron chi connectivity index (χ1n) is 7.95. The van der Waals surface area contributed by atoms with Crippen molar-refractivity contribution < 1.29 is 9.21 Å². The molecule has 1 aliphatic heterocycles. The van der Waals surface area contributed by atoms with E-state index in [0.717, 1.165) is 25.2 Å². The first kappa shape index (κ1) is 23.1. The highest BCUT2D eigenvalue weighted by Gasteiger charge is 2.23. The number of carbonyl (C=O) groups is 1. The summed E-state index contributed by atoms with van der Waals surface area (Å²) in [6.07, 6.45) is 2.49. The zero-order valence-corrected chi connectivity index (χ0v) is 17.4. The van der Waals surface area contributed by atoms with Crippen molar-refractivity contribution in [3.63, 3.8) is 0 Å². The van der Waals surface area contributed by atoms with Crippen molar-refractivity contribution in [2.45, 2.75) is 25.8 Å². The van der Waals surface area contributed by atoms with Gasteiger partial charge in [0.2, 0.25) is 5.91 Å². The number of hydrogen-bond acceptors (Lipinski definition) is 4. The van der Waals surface area contributed by atoms with Gasteiger partial charge in [0.1, 0.15) is 0 Å². The SMILES string of the molecule is C[C@H]1CNCCN1C(=O)CCc1ncc(-c2ccc(Cl)cc2Cl)o1.Cl.Cl. The van der Waals surface area contributed by atoms with E-state index in [1.165, 1.54) is 0 Å². The lowest BCUT2D eigenvalue weighted by Gasteiger charge is -2.34. The van der Waals surface area contributed by atoms with Gasteiger partial charge >= 0.3 is 0 Å². The minimum atomic E-state index is 0. The van der Waals surface area contributed by atoms with E-state index >= 15 is 0 Å². The lowest BCUT2D eigenvalue weighted by molar-refractivity contribution is -0.134. The van der Waals surface area contributed by atoms with Crippen LogP contribution in [-0.2, 0) is 11.2 Å². The van der Waals surface area contributed by atoms with Gasteiger partial charge in [-0.05, 0) is 25.1 Å². The fraction of sp³-hybridized carbons (Fsp3) is 0.412. The van der Waals surface area contributed by atoms with Crippen molar-refractivity contribution in [1.29, 1.82) is 0 Å². The molecular formula is C17H21Cl4N3O2. The largest absolute Gasteiger partial charge is 0.441 e. The highest BCUT2D eigenvalue weighted by molar-refractivity contribution is 6.36. The number of halogens is 4. The molecule has 1 aromatic heterocycles. The number of carbonyl (C=O) groups excluding carboxylic acids is 1. The van der Waals surface area contributed by atoms with Crippen molar-refractivity contribution in [2.75, 3.05) is 19.6 Å². The van der Waals surface area contributed by atoms with E-state index in [2.05, 4.69) is 17.2 Å². The first-order chi connectivity index (χ1) is 11.5. The maximum atomic E-state index is 12.3. The molecule has 1 aromatic carbocycles. The van der Waals surface area contributed by atoms with Gasteiger partial charge in [0.05, 0.1) is 11.2 Å². The van der Waals surface area contributed by atoms with Gasteiger partial charge in [-0.3, -0.25) is 4.79 Å². The number of amides is 1. The minimum absolute atomic E-state index is 0. The fourth-order valence-electron chi connectivity index (χ4n) is 2.81. The first-order valence-corrected chi connectivity index (χ1v) is 8.70. The molecule has 1 fully saturated rings. The predicted octanol–water partition coefficient (Wildman–Crippen LogP) is 4.24. The van der Waals surface area contributed by atoms with Crippen molar-refractivity contribution in [2.24, 2.45) is 0 Å². The third kappa shape index (κ3) is 5.51. The van der Waals surface area contributed by atoms with Gasteiger partial charge in [-0.15, -0.1) is 24.8 Å². The lowest BCUT2D eigenvalue weighted by atomic mass is 10.2. The van der Waals surface area contributed by atoms with E-state index in [1.807, 2.05) is 4.90 Å². The Balaban J connectivity index is 0.00000169. The van der Waals surface area contributed by atoms with Crippen LogP contribution in [0.1, 0.15) is 19.2 Å². The Hall–Kier alpha value is -0.980. The molecule has 9 heteroatoms. The van der Waals surface area contributed by atoms with E-state index < -0.39 is 0 Å². The predicted molar refractivity (Wildman–Crippen MR) is 109 cm³/mol. The molecule has 0 saturated carbocycles. The van der Waals surface area contributed by atoms with Crippen molar-refractivity contribution in [1.82, 2.24) is 15.2 Å². The number of aromatic nitrogens is 1. The number of piperazine rings is 1. The highest BCUT2D eigenvalue weighted by atomic mass is 35.5. The summed E-state index contributed by atoms with van der Waals surface area (Å²) >= 11 is 12.1. The van der Waals surface area contributed by atoms with Crippen LogP contribution >= 0.6 is 48.0 Å². The summed E-state index contributed by atoms with van der Waals surface area (Å²) in [7, 11) is 0. The zero-order valence-electron chi connectivity index (χ0n) is 14.2. The molecular weight excluding hydrogens is 420 g/mol. The molecule has 3 rings (SSSR count). The summed E-state index contributed by atoms with van der Waals surface area (Å²) in [4.78, 5) is 18.5. The summed E-state index contributed by atoms with van der Waals surface area (Å²) in [5.74, 6) is 1.25. The van der Waals surface area contributed by atoms with Crippen LogP contribution in [0, 0.1) is 0 Å². The summed E-state index contributed by atoms with van der Waals surface area (Å²) in [5, 5.41) is 4.36. The molecule has 1 atom stereocenters. The quantitative estimate of drug-likeness (QED) is 0.772. The van der Waals surface area contributed by atoms with Gasteiger partial charge in [-0.25, -0.2) is 4.98 Å². The van der Waals surface area contributed by atoms with Gasteiger partial charge < -0.3 is 14.6 Å². The Kier molecular flexibility index (Phi) is 9.21. The number of nitrogens with one attached hydrogen (secondary N) is 1. The lowest BCUT2D eigenvalue weighted by Crippen LogP contribution is -2.52. The monoisotopic (exact) mass is 439 g/mol. The van der Waals surface area contributed by atoms with Crippen LogP contribution in [0.25, 0.3) is 11.3 Å². The van der Waals surface area contributed by atoms with Gasteiger partial charge in [-0.1, -0.05) is 23.2 Å². The topological polar surface area (TPSA) is 58.4 Å². The average Bonchev–Trinajstić information content (AvgIpc) is 3.01. The molecule has 2 aromatic rings. The number of hydrogen-bond donors (Lipinski definition) is 1. The Morgan fingerprint density at radius 2 is 2.15 bits per heavy atom. The molecule has 0 unspecified atom stereocenters. The van der Waals surface area contributed by atoms with Crippen LogP contribution in [0.3, 0.4) is 0 Å². The Labute approximate surface area is 175 Å². The smallest absolute Gasteiger partial charge is 0.223 e. The number of oxazole rings is 1. The molecule has 0 radical (unpaired) electrons. The number of aryl methyl sites for hydroxylation is 1. The second kappa shape index (κ2) is 10.4. The summed E-state index contributed by atoms with van der Waals surface area (Å²) in [5.41, 5.74) is 0.738. The standard InChI is InChI=1S/C17H19Cl2N3O2.2ClH/c1-11-9-20-6-7-22(11)17(23)5-4-16-21-10-15(24-16)13-3-2-12(18)8-14(13)19;;/h2-3,8,10-11,20H,4-7,9H2,1H3;2*1H/t11-;;/m0../s1. The normalized spacial score (nSPS) is 16.6. The minimum Gasteiger partial charge on any atom is -0.441 e. The van der Waals surface area contributed by atoms with E-state index in [1.54, 1.807) is 24.4 Å². The van der Waals surface area contributed by atoms with Crippen LogP contribution in [0.2, 0.25) is 10.0 Å². The Morgan fingerprint density at radius 1 is 1.38 bits per heavy atom. The van der Waals surface area contributed by atoms with E-state index in [4.69, 9.17) is 27.6 Å². The van der Waals surface area contributed by atoms with Crippen molar-refractivity contribution in [3.8, 4) is 11.3 Å². The number of rotatable bonds is 4. The van der Waals surface area contributed by atoms with Gasteiger partial charge in [0, 0.05) is 49.1 Å². The van der Waals surface area contributed by atoms with Crippen LogP contribution < -0.4 is 5.32 Å². The Bertz CT molecular complexity index is 739. The number of benzene rings is 1. The third-order valence-corrected chi connectivity index (χ3v) is 4.67. The molecule has 5 nitrogen and oxygen atoms in total. The zero-order chi connectivity index (χ0) is 17.1. The molecule has 0 bridgehead atoms. The summed E-state index contributed by atoms with van der Waals surface area (Å²) in [6, 6.07) is 5.43. The second-order valence-electron chi connectivity index (χ2n) is 5.88. The number of nitrogens with zero attached hydrogens (tertiary/aromatic N) is 2. The molecule has 1 N–H and O–H groups in total. The molecule has 1 aliphatic rings. The van der Waals surface area contributed by atoms with Crippen LogP contribution in [-0.4, -0.2) is 41.5 Å². The van der Waals surface area contributed by atoms with E-state index in [-0.39, 0.29) is 36.8 Å². The Morgan fingerprint density at radius 3 is 2.85 bits per heavy atom. The van der Waals surface area contributed by atoms with Crippen LogP contribution in [0.4, 0.5) is 0 Å². The molecule has 2 heterocycles. The van der Waals surface area contributed by atoms with E-state index in [0.29, 0.717) is 34.5 Å². The maximum absolute atomic E-state index is 12.3. The van der Waals surface area contributed by atoms with E-state index in [9.17, 15) is 4.79 Å².